The lowest BCUT2D eigenvalue weighted by Crippen LogP contribution is -2.15. The van der Waals surface area contributed by atoms with Crippen molar-refractivity contribution in [3.8, 4) is 0 Å². The summed E-state index contributed by atoms with van der Waals surface area (Å²) in [5, 5.41) is 4.92. The van der Waals surface area contributed by atoms with Crippen molar-refractivity contribution in [2.45, 2.75) is 0 Å². The third-order valence-corrected chi connectivity index (χ3v) is 3.64. The van der Waals surface area contributed by atoms with E-state index in [1.54, 1.807) is 24.3 Å². The third-order valence-electron chi connectivity index (χ3n) is 3.64. The molecule has 3 aromatic carbocycles. The number of nitrogens with one attached hydrogen (secondary N) is 2. The van der Waals surface area contributed by atoms with Gasteiger partial charge in [0, 0.05) is 16.8 Å². The summed E-state index contributed by atoms with van der Waals surface area (Å²) in [6.45, 7) is 0. The van der Waals surface area contributed by atoms with Crippen LogP contribution in [0.25, 0.3) is 0 Å². The van der Waals surface area contributed by atoms with E-state index < -0.39 is 23.2 Å². The van der Waals surface area contributed by atoms with Gasteiger partial charge in [-0.25, -0.2) is 8.78 Å². The Morgan fingerprint density at radius 3 is 1.65 bits per heavy atom. The van der Waals surface area contributed by atoms with Gasteiger partial charge in [-0.2, -0.15) is 0 Å². The number of benzene rings is 3. The molecule has 0 unspecified atom stereocenters. The van der Waals surface area contributed by atoms with Gasteiger partial charge in [0.25, 0.3) is 11.8 Å². The molecule has 0 aliphatic rings. The lowest BCUT2D eigenvalue weighted by Gasteiger charge is -2.08. The first-order chi connectivity index (χ1) is 12.5. The quantitative estimate of drug-likeness (QED) is 0.728. The number of carbonyl (C=O) groups is 2. The number of amides is 2. The molecule has 0 heterocycles. The minimum atomic E-state index is -0.864. The fourth-order valence-electron chi connectivity index (χ4n) is 2.30. The van der Waals surface area contributed by atoms with Gasteiger partial charge in [0.2, 0.25) is 0 Å². The maximum atomic E-state index is 13.6. The molecule has 6 heteroatoms. The molecule has 3 aromatic rings. The SMILES string of the molecule is O=C(Nc1ccccc1)c1ccc(C(=O)Nc2c(F)cccc2F)cc1. The Morgan fingerprint density at radius 2 is 1.12 bits per heavy atom. The monoisotopic (exact) mass is 352 g/mol. The molecule has 0 atom stereocenters. The molecule has 130 valence electrons. The summed E-state index contributed by atoms with van der Waals surface area (Å²) in [6.07, 6.45) is 0. The Labute approximate surface area is 148 Å². The topological polar surface area (TPSA) is 58.2 Å². The van der Waals surface area contributed by atoms with Crippen LogP contribution in [0.5, 0.6) is 0 Å². The fourth-order valence-corrected chi connectivity index (χ4v) is 2.30. The number of hydrogen-bond acceptors (Lipinski definition) is 2. The predicted octanol–water partition coefficient (Wildman–Crippen LogP) is 4.47. The number of anilines is 2. The number of rotatable bonds is 4. The maximum Gasteiger partial charge on any atom is 0.255 e. The standard InChI is InChI=1S/C20H14F2N2O2/c21-16-7-4-8-17(22)18(16)24-20(26)14-11-9-13(10-12-14)19(25)23-15-5-2-1-3-6-15/h1-12H,(H,23,25)(H,24,26). The van der Waals surface area contributed by atoms with Crippen molar-refractivity contribution in [1.29, 1.82) is 0 Å². The van der Waals surface area contributed by atoms with Crippen molar-refractivity contribution in [2.75, 3.05) is 10.6 Å². The second kappa shape index (κ2) is 7.57. The van der Waals surface area contributed by atoms with E-state index in [9.17, 15) is 18.4 Å². The first kappa shape index (κ1) is 17.3. The van der Waals surface area contributed by atoms with E-state index in [-0.39, 0.29) is 11.5 Å². The smallest absolute Gasteiger partial charge is 0.255 e. The van der Waals surface area contributed by atoms with Gasteiger partial charge in [-0.1, -0.05) is 24.3 Å². The largest absolute Gasteiger partial charge is 0.322 e. The predicted molar refractivity (Wildman–Crippen MR) is 95.1 cm³/mol. The number of hydrogen-bond donors (Lipinski definition) is 2. The summed E-state index contributed by atoms with van der Waals surface area (Å²) in [4.78, 5) is 24.3. The first-order valence-corrected chi connectivity index (χ1v) is 7.76. The highest BCUT2D eigenvalue weighted by molar-refractivity contribution is 6.07. The normalized spacial score (nSPS) is 10.2. The Balaban J connectivity index is 1.71. The summed E-state index contributed by atoms with van der Waals surface area (Å²) in [5.74, 6) is -2.73. The van der Waals surface area contributed by atoms with Crippen molar-refractivity contribution in [3.63, 3.8) is 0 Å². The van der Waals surface area contributed by atoms with Crippen LogP contribution in [0.1, 0.15) is 20.7 Å². The van der Waals surface area contributed by atoms with Crippen molar-refractivity contribution >= 4 is 23.2 Å². The first-order valence-electron chi connectivity index (χ1n) is 7.76. The highest BCUT2D eigenvalue weighted by Gasteiger charge is 2.14. The van der Waals surface area contributed by atoms with Crippen molar-refractivity contribution in [1.82, 2.24) is 0 Å². The zero-order chi connectivity index (χ0) is 18.5. The molecule has 0 bridgehead atoms. The van der Waals surface area contributed by atoms with Crippen LogP contribution in [0.4, 0.5) is 20.2 Å². The lowest BCUT2D eigenvalue weighted by molar-refractivity contribution is 0.101. The summed E-state index contributed by atoms with van der Waals surface area (Å²) < 4.78 is 27.2. The number of para-hydroxylation sites is 2. The summed E-state index contributed by atoms with van der Waals surface area (Å²) in [5.41, 5.74) is 0.657. The van der Waals surface area contributed by atoms with E-state index in [1.807, 2.05) is 6.07 Å². The molecule has 26 heavy (non-hydrogen) atoms. The number of halogens is 2. The molecule has 0 saturated carbocycles. The van der Waals surface area contributed by atoms with Crippen LogP contribution in [-0.4, -0.2) is 11.8 Å². The van der Waals surface area contributed by atoms with E-state index in [0.29, 0.717) is 11.3 Å². The second-order valence-electron chi connectivity index (χ2n) is 5.45. The highest BCUT2D eigenvalue weighted by atomic mass is 19.1. The van der Waals surface area contributed by atoms with Crippen LogP contribution in [0, 0.1) is 11.6 Å². The molecule has 0 saturated heterocycles. The van der Waals surface area contributed by atoms with E-state index in [4.69, 9.17) is 0 Å². The van der Waals surface area contributed by atoms with E-state index in [0.717, 1.165) is 12.1 Å². The molecular formula is C20H14F2N2O2. The third kappa shape index (κ3) is 3.92. The van der Waals surface area contributed by atoms with Crippen LogP contribution >= 0.6 is 0 Å². The summed E-state index contributed by atoms with van der Waals surface area (Å²) in [6, 6.07) is 18.0. The minimum absolute atomic E-state index is 0.170. The zero-order valence-electron chi connectivity index (χ0n) is 13.5. The van der Waals surface area contributed by atoms with Gasteiger partial charge in [-0.3, -0.25) is 9.59 Å². The van der Waals surface area contributed by atoms with Gasteiger partial charge in [0.1, 0.15) is 17.3 Å². The van der Waals surface area contributed by atoms with Crippen LogP contribution in [-0.2, 0) is 0 Å². The Hall–Kier alpha value is -3.54. The molecule has 2 N–H and O–H groups in total. The molecule has 0 aliphatic carbocycles. The molecule has 0 aliphatic heterocycles. The van der Waals surface area contributed by atoms with Gasteiger partial charge in [-0.05, 0) is 48.5 Å². The Bertz CT molecular complexity index is 922. The minimum Gasteiger partial charge on any atom is -0.322 e. The van der Waals surface area contributed by atoms with E-state index in [2.05, 4.69) is 10.6 Å². The van der Waals surface area contributed by atoms with Crippen LogP contribution in [0.3, 0.4) is 0 Å². The average Bonchev–Trinajstić information content (AvgIpc) is 2.65. The maximum absolute atomic E-state index is 13.6. The van der Waals surface area contributed by atoms with Gasteiger partial charge in [-0.15, -0.1) is 0 Å². The van der Waals surface area contributed by atoms with Gasteiger partial charge in [0.15, 0.2) is 0 Å². The summed E-state index contributed by atoms with van der Waals surface area (Å²) in [7, 11) is 0. The Kier molecular flexibility index (Phi) is 5.03. The van der Waals surface area contributed by atoms with Crippen molar-refractivity contribution in [2.24, 2.45) is 0 Å². The lowest BCUT2D eigenvalue weighted by atomic mass is 10.1. The van der Waals surface area contributed by atoms with Crippen LogP contribution in [0.15, 0.2) is 72.8 Å². The molecule has 2 amide bonds. The fraction of sp³-hybridized carbons (Fsp3) is 0. The second-order valence-corrected chi connectivity index (χ2v) is 5.45. The molecule has 4 nitrogen and oxygen atoms in total. The summed E-state index contributed by atoms with van der Waals surface area (Å²) >= 11 is 0. The van der Waals surface area contributed by atoms with Crippen molar-refractivity contribution < 1.29 is 18.4 Å². The highest BCUT2D eigenvalue weighted by Crippen LogP contribution is 2.19. The Morgan fingerprint density at radius 1 is 0.615 bits per heavy atom. The van der Waals surface area contributed by atoms with Crippen LogP contribution < -0.4 is 10.6 Å². The van der Waals surface area contributed by atoms with Crippen molar-refractivity contribution in [3.05, 3.63) is 95.6 Å². The van der Waals surface area contributed by atoms with Gasteiger partial charge < -0.3 is 10.6 Å². The van der Waals surface area contributed by atoms with Gasteiger partial charge >= 0.3 is 0 Å². The molecular weight excluding hydrogens is 338 g/mol. The molecule has 0 radical (unpaired) electrons. The van der Waals surface area contributed by atoms with Gasteiger partial charge in [0.05, 0.1) is 0 Å². The molecule has 0 spiro atoms. The molecule has 0 aromatic heterocycles. The van der Waals surface area contributed by atoms with E-state index >= 15 is 0 Å². The zero-order valence-corrected chi connectivity index (χ0v) is 13.5. The number of carbonyl (C=O) groups excluding carboxylic acids is 2. The van der Waals surface area contributed by atoms with E-state index in [1.165, 1.54) is 30.3 Å². The average molecular weight is 352 g/mol. The molecule has 3 rings (SSSR count). The molecule has 0 fully saturated rings. The van der Waals surface area contributed by atoms with Crippen LogP contribution in [0.2, 0.25) is 0 Å².